The summed E-state index contributed by atoms with van der Waals surface area (Å²) in [6.45, 7) is 8.79. The first-order valence-electron chi connectivity index (χ1n) is 7.53. The molecule has 2 atom stereocenters. The van der Waals surface area contributed by atoms with Crippen LogP contribution in [0.4, 0.5) is 4.79 Å². The molecule has 0 bridgehead atoms. The summed E-state index contributed by atoms with van der Waals surface area (Å²) in [5.74, 6) is 1.73. The lowest BCUT2D eigenvalue weighted by molar-refractivity contribution is 0.0562. The van der Waals surface area contributed by atoms with Crippen LogP contribution in [0, 0.1) is 11.8 Å². The van der Waals surface area contributed by atoms with Crippen LogP contribution in [-0.4, -0.2) is 30.6 Å². The number of amides is 1. The van der Waals surface area contributed by atoms with Crippen molar-refractivity contribution in [2.24, 2.45) is 22.6 Å². The smallest absolute Gasteiger partial charge is 0.413 e. The number of nitrogens with zero attached hydrogens (tertiary/aromatic N) is 1. The van der Waals surface area contributed by atoms with Crippen LogP contribution in [0.5, 0.6) is 0 Å². The Morgan fingerprint density at radius 1 is 1.30 bits per heavy atom. The minimum absolute atomic E-state index is 0.447. The van der Waals surface area contributed by atoms with Gasteiger partial charge in [0.1, 0.15) is 11.4 Å². The second-order valence-corrected chi connectivity index (χ2v) is 6.59. The lowest BCUT2D eigenvalue weighted by Gasteiger charge is -2.29. The van der Waals surface area contributed by atoms with Crippen molar-refractivity contribution in [3.63, 3.8) is 0 Å². The molecule has 2 unspecified atom stereocenters. The van der Waals surface area contributed by atoms with E-state index in [4.69, 9.17) is 10.5 Å². The molecule has 1 rings (SSSR count). The Balaban J connectivity index is 2.42. The van der Waals surface area contributed by atoms with Crippen LogP contribution in [0.2, 0.25) is 0 Å². The molecule has 0 aromatic rings. The maximum atomic E-state index is 11.6. The number of carbonyl (C=O) groups is 1. The van der Waals surface area contributed by atoms with E-state index in [9.17, 15) is 4.79 Å². The van der Waals surface area contributed by atoms with Crippen LogP contribution in [-0.2, 0) is 4.74 Å². The third kappa shape index (κ3) is 6.37. The average molecular weight is 283 g/mol. The number of aliphatic imine (C=N–C) groups is 1. The van der Waals surface area contributed by atoms with Gasteiger partial charge in [0, 0.05) is 6.54 Å². The highest BCUT2D eigenvalue weighted by molar-refractivity contribution is 5.93. The number of ether oxygens (including phenoxy) is 1. The van der Waals surface area contributed by atoms with Crippen molar-refractivity contribution in [1.29, 1.82) is 0 Å². The molecule has 1 amide bonds. The number of hydrogen-bond donors (Lipinski definition) is 2. The van der Waals surface area contributed by atoms with Crippen molar-refractivity contribution >= 4 is 11.9 Å². The van der Waals surface area contributed by atoms with E-state index in [-0.39, 0.29) is 0 Å². The quantitative estimate of drug-likeness (QED) is 0.617. The van der Waals surface area contributed by atoms with Crippen molar-refractivity contribution < 1.29 is 9.53 Å². The molecule has 0 aromatic carbocycles. The van der Waals surface area contributed by atoms with Gasteiger partial charge in [-0.3, -0.25) is 10.3 Å². The average Bonchev–Trinajstić information content (AvgIpc) is 2.34. The van der Waals surface area contributed by atoms with Crippen molar-refractivity contribution in [1.82, 2.24) is 5.32 Å². The van der Waals surface area contributed by atoms with Crippen LogP contribution >= 0.6 is 0 Å². The van der Waals surface area contributed by atoms with Gasteiger partial charge in [-0.1, -0.05) is 12.8 Å². The predicted molar refractivity (Wildman–Crippen MR) is 81.8 cm³/mol. The Morgan fingerprint density at radius 2 is 1.90 bits per heavy atom. The first kappa shape index (κ1) is 17.0. The van der Waals surface area contributed by atoms with E-state index in [1.165, 1.54) is 25.7 Å². The van der Waals surface area contributed by atoms with Gasteiger partial charge in [0.05, 0.1) is 0 Å². The number of carbonyl (C=O) groups excluding carboxylic acids is 1. The van der Waals surface area contributed by atoms with Crippen molar-refractivity contribution in [3.05, 3.63) is 0 Å². The predicted octanol–water partition coefficient (Wildman–Crippen LogP) is 2.69. The van der Waals surface area contributed by atoms with Gasteiger partial charge in [0.25, 0.3) is 0 Å². The zero-order valence-electron chi connectivity index (χ0n) is 13.2. The molecule has 1 aliphatic rings. The van der Waals surface area contributed by atoms with Gasteiger partial charge in [0.15, 0.2) is 0 Å². The molecule has 0 heterocycles. The van der Waals surface area contributed by atoms with Crippen LogP contribution in [0.1, 0.15) is 53.4 Å². The molecule has 0 aromatic heterocycles. The lowest BCUT2D eigenvalue weighted by atomic mass is 9.79. The number of nitrogens with one attached hydrogen (secondary N) is 1. The number of nitrogens with two attached hydrogens (primary N) is 1. The molecule has 0 spiro atoms. The first-order valence-corrected chi connectivity index (χ1v) is 7.53. The van der Waals surface area contributed by atoms with Crippen LogP contribution < -0.4 is 11.1 Å². The minimum Gasteiger partial charge on any atom is -0.444 e. The molecule has 0 aliphatic heterocycles. The van der Waals surface area contributed by atoms with Gasteiger partial charge < -0.3 is 10.5 Å². The van der Waals surface area contributed by atoms with Crippen LogP contribution in [0.15, 0.2) is 4.99 Å². The van der Waals surface area contributed by atoms with Gasteiger partial charge in [0.2, 0.25) is 0 Å². The molecular weight excluding hydrogens is 254 g/mol. The molecule has 116 valence electrons. The largest absolute Gasteiger partial charge is 0.444 e. The third-order valence-electron chi connectivity index (χ3n) is 3.61. The van der Waals surface area contributed by atoms with Gasteiger partial charge in [-0.25, -0.2) is 4.79 Å². The van der Waals surface area contributed by atoms with Crippen molar-refractivity contribution in [3.8, 4) is 0 Å². The third-order valence-corrected chi connectivity index (χ3v) is 3.61. The molecule has 5 nitrogen and oxygen atoms in total. The summed E-state index contributed by atoms with van der Waals surface area (Å²) in [7, 11) is 0. The number of amidine groups is 1. The fourth-order valence-electron chi connectivity index (χ4n) is 2.58. The van der Waals surface area contributed by atoms with E-state index < -0.39 is 11.7 Å². The standard InChI is InChI=1S/C15H29N3O2/c1-11(18-14(19)20-15(2,3)4)17-10-13-8-6-5-7-12(13)9-16/h12-13H,5-10,16H2,1-4H3,(H,17,18,19). The van der Waals surface area contributed by atoms with Crippen molar-refractivity contribution in [2.75, 3.05) is 13.1 Å². The normalized spacial score (nSPS) is 24.4. The minimum atomic E-state index is -0.488. The fourth-order valence-corrected chi connectivity index (χ4v) is 2.58. The Morgan fingerprint density at radius 3 is 2.45 bits per heavy atom. The highest BCUT2D eigenvalue weighted by Crippen LogP contribution is 2.29. The van der Waals surface area contributed by atoms with Gasteiger partial charge in [-0.05, 0) is 58.9 Å². The summed E-state index contributed by atoms with van der Waals surface area (Å²) in [5.41, 5.74) is 5.32. The van der Waals surface area contributed by atoms with E-state index in [1.54, 1.807) is 6.92 Å². The van der Waals surface area contributed by atoms with Gasteiger partial charge in [-0.2, -0.15) is 0 Å². The second-order valence-electron chi connectivity index (χ2n) is 6.59. The molecule has 0 saturated heterocycles. The SMILES string of the molecule is CC(=NCC1CCCCC1CN)NC(=O)OC(C)(C)C. The first-order chi connectivity index (χ1) is 9.31. The molecule has 1 fully saturated rings. The summed E-state index contributed by atoms with van der Waals surface area (Å²) in [5, 5.41) is 2.67. The van der Waals surface area contributed by atoms with Crippen LogP contribution in [0.3, 0.4) is 0 Å². The van der Waals surface area contributed by atoms with E-state index in [2.05, 4.69) is 10.3 Å². The topological polar surface area (TPSA) is 76.7 Å². The van der Waals surface area contributed by atoms with Gasteiger partial charge in [-0.15, -0.1) is 0 Å². The Kier molecular flexibility index (Phi) is 6.46. The number of rotatable bonds is 3. The monoisotopic (exact) mass is 283 g/mol. The highest BCUT2D eigenvalue weighted by Gasteiger charge is 2.23. The second kappa shape index (κ2) is 7.62. The lowest BCUT2D eigenvalue weighted by Crippen LogP contribution is -2.36. The fraction of sp³-hybridized carbons (Fsp3) is 0.867. The number of hydrogen-bond acceptors (Lipinski definition) is 4. The summed E-state index contributed by atoms with van der Waals surface area (Å²) >= 11 is 0. The molecular formula is C15H29N3O2. The zero-order chi connectivity index (χ0) is 15.2. The Labute approximate surface area is 122 Å². The molecule has 0 radical (unpaired) electrons. The maximum absolute atomic E-state index is 11.6. The maximum Gasteiger partial charge on any atom is 0.413 e. The van der Waals surface area contributed by atoms with E-state index in [0.29, 0.717) is 17.7 Å². The summed E-state index contributed by atoms with van der Waals surface area (Å²) in [6.07, 6.45) is 4.48. The molecule has 1 aliphatic carbocycles. The summed E-state index contributed by atoms with van der Waals surface area (Å²) < 4.78 is 5.19. The molecule has 20 heavy (non-hydrogen) atoms. The molecule has 1 saturated carbocycles. The van der Waals surface area contributed by atoms with E-state index >= 15 is 0 Å². The number of alkyl carbamates (subject to hydrolysis) is 1. The molecule has 5 heteroatoms. The van der Waals surface area contributed by atoms with Gasteiger partial charge >= 0.3 is 6.09 Å². The summed E-state index contributed by atoms with van der Waals surface area (Å²) in [6, 6.07) is 0. The zero-order valence-corrected chi connectivity index (χ0v) is 13.2. The molecule has 3 N–H and O–H groups in total. The Bertz CT molecular complexity index is 348. The van der Waals surface area contributed by atoms with Crippen LogP contribution in [0.25, 0.3) is 0 Å². The van der Waals surface area contributed by atoms with E-state index in [0.717, 1.165) is 13.1 Å². The summed E-state index contributed by atoms with van der Waals surface area (Å²) in [4.78, 5) is 16.1. The Hall–Kier alpha value is -1.10. The van der Waals surface area contributed by atoms with E-state index in [1.807, 2.05) is 20.8 Å². The van der Waals surface area contributed by atoms with Crippen molar-refractivity contribution in [2.45, 2.75) is 59.0 Å². The highest BCUT2D eigenvalue weighted by atomic mass is 16.6.